The summed E-state index contributed by atoms with van der Waals surface area (Å²) in [4.78, 5) is 12.6. The molecule has 6 heteroatoms. The lowest BCUT2D eigenvalue weighted by atomic mass is 10.3. The van der Waals surface area contributed by atoms with E-state index < -0.39 is 0 Å². The van der Waals surface area contributed by atoms with E-state index in [0.717, 1.165) is 4.88 Å². The topological polar surface area (TPSA) is 75.4 Å². The van der Waals surface area contributed by atoms with Gasteiger partial charge in [-0.3, -0.25) is 4.79 Å². The van der Waals surface area contributed by atoms with Crippen molar-refractivity contribution >= 4 is 17.2 Å². The van der Waals surface area contributed by atoms with Crippen LogP contribution in [0.4, 0.5) is 0 Å². The summed E-state index contributed by atoms with van der Waals surface area (Å²) in [5, 5.41) is 17.0. The normalized spacial score (nSPS) is 12.4. The van der Waals surface area contributed by atoms with Gasteiger partial charge < -0.3 is 14.9 Å². The average Bonchev–Trinajstić information content (AvgIpc) is 2.98. The lowest BCUT2D eigenvalue weighted by Crippen LogP contribution is -2.35. The van der Waals surface area contributed by atoms with Crippen LogP contribution < -0.4 is 5.32 Å². The zero-order chi connectivity index (χ0) is 12.3. The summed E-state index contributed by atoms with van der Waals surface area (Å²) in [6.07, 6.45) is 0. The molecule has 2 N–H and O–H groups in total. The number of nitrogens with zero attached hydrogens (tertiary/aromatic N) is 1. The van der Waals surface area contributed by atoms with Gasteiger partial charge in [-0.1, -0.05) is 11.2 Å². The van der Waals surface area contributed by atoms with Crippen LogP contribution >= 0.6 is 11.3 Å². The molecule has 0 aromatic carbocycles. The summed E-state index contributed by atoms with van der Waals surface area (Å²) in [5.41, 5.74) is 0.216. The fourth-order valence-electron chi connectivity index (χ4n) is 1.26. The van der Waals surface area contributed by atoms with Crippen LogP contribution in [0.25, 0.3) is 10.6 Å². The smallest absolute Gasteiger partial charge is 0.273 e. The van der Waals surface area contributed by atoms with Gasteiger partial charge in [0.15, 0.2) is 11.5 Å². The zero-order valence-corrected chi connectivity index (χ0v) is 10.0. The third-order valence-corrected chi connectivity index (χ3v) is 3.04. The summed E-state index contributed by atoms with van der Waals surface area (Å²) in [7, 11) is 0. The summed E-state index contributed by atoms with van der Waals surface area (Å²) >= 11 is 1.51. The van der Waals surface area contributed by atoms with E-state index >= 15 is 0 Å². The van der Waals surface area contributed by atoms with E-state index in [0.29, 0.717) is 5.76 Å². The van der Waals surface area contributed by atoms with Gasteiger partial charge in [0.25, 0.3) is 5.91 Å². The number of carbonyl (C=O) groups is 1. The Bertz CT molecular complexity index is 493. The van der Waals surface area contributed by atoms with Crippen molar-refractivity contribution in [2.45, 2.75) is 13.0 Å². The quantitative estimate of drug-likeness (QED) is 0.865. The second-order valence-corrected chi connectivity index (χ2v) is 4.56. The van der Waals surface area contributed by atoms with Crippen LogP contribution in [0.3, 0.4) is 0 Å². The minimum Gasteiger partial charge on any atom is -0.394 e. The third kappa shape index (κ3) is 2.72. The molecule has 2 aromatic heterocycles. The van der Waals surface area contributed by atoms with Crippen molar-refractivity contribution in [2.24, 2.45) is 0 Å². The lowest BCUT2D eigenvalue weighted by molar-refractivity contribution is 0.0913. The Morgan fingerprint density at radius 2 is 2.53 bits per heavy atom. The van der Waals surface area contributed by atoms with Crippen molar-refractivity contribution < 1.29 is 14.4 Å². The van der Waals surface area contributed by atoms with Crippen molar-refractivity contribution in [3.8, 4) is 10.6 Å². The maximum Gasteiger partial charge on any atom is 0.273 e. The number of aliphatic hydroxyl groups excluding tert-OH is 1. The van der Waals surface area contributed by atoms with Gasteiger partial charge in [0.1, 0.15) is 0 Å². The molecule has 0 aliphatic rings. The van der Waals surface area contributed by atoms with Gasteiger partial charge >= 0.3 is 0 Å². The molecule has 0 saturated heterocycles. The Balaban J connectivity index is 2.11. The molecule has 2 aromatic rings. The number of amides is 1. The standard InChI is InChI=1S/C11H12N2O3S/c1-7(6-14)12-11(15)8-5-9(16-13-8)10-3-2-4-17-10/h2-5,7,14H,6H2,1H3,(H,12,15)/t7-/m1/s1. The van der Waals surface area contributed by atoms with E-state index in [1.807, 2.05) is 17.5 Å². The predicted molar refractivity (Wildman–Crippen MR) is 63.8 cm³/mol. The molecule has 0 radical (unpaired) electrons. The van der Waals surface area contributed by atoms with Gasteiger partial charge in [-0.05, 0) is 18.4 Å². The second kappa shape index (κ2) is 5.11. The second-order valence-electron chi connectivity index (χ2n) is 3.61. The highest BCUT2D eigenvalue weighted by atomic mass is 32.1. The largest absolute Gasteiger partial charge is 0.394 e. The van der Waals surface area contributed by atoms with E-state index in [4.69, 9.17) is 9.63 Å². The Labute approximate surface area is 102 Å². The zero-order valence-electron chi connectivity index (χ0n) is 9.21. The summed E-state index contributed by atoms with van der Waals surface area (Å²) < 4.78 is 5.08. The molecule has 0 aliphatic carbocycles. The van der Waals surface area contributed by atoms with Crippen molar-refractivity contribution in [3.05, 3.63) is 29.3 Å². The van der Waals surface area contributed by atoms with E-state index in [1.165, 1.54) is 11.3 Å². The van der Waals surface area contributed by atoms with Gasteiger partial charge in [0.05, 0.1) is 11.5 Å². The monoisotopic (exact) mass is 252 g/mol. The Morgan fingerprint density at radius 3 is 3.18 bits per heavy atom. The Morgan fingerprint density at radius 1 is 1.71 bits per heavy atom. The lowest BCUT2D eigenvalue weighted by Gasteiger charge is -2.07. The Hall–Kier alpha value is -1.66. The molecule has 1 atom stereocenters. The molecule has 1 amide bonds. The number of hydrogen-bond donors (Lipinski definition) is 2. The van der Waals surface area contributed by atoms with Crippen molar-refractivity contribution in [2.75, 3.05) is 6.61 Å². The number of nitrogens with one attached hydrogen (secondary N) is 1. The van der Waals surface area contributed by atoms with E-state index in [1.54, 1.807) is 13.0 Å². The van der Waals surface area contributed by atoms with Gasteiger partial charge in [0.2, 0.25) is 0 Å². The molecule has 0 unspecified atom stereocenters. The predicted octanol–water partition coefficient (Wildman–Crippen LogP) is 1.51. The van der Waals surface area contributed by atoms with Crippen molar-refractivity contribution in [1.82, 2.24) is 10.5 Å². The van der Waals surface area contributed by atoms with Crippen LogP contribution in [0.2, 0.25) is 0 Å². The molecule has 17 heavy (non-hydrogen) atoms. The molecular formula is C11H12N2O3S. The highest BCUT2D eigenvalue weighted by Crippen LogP contribution is 2.24. The van der Waals surface area contributed by atoms with Crippen LogP contribution in [0.5, 0.6) is 0 Å². The molecule has 0 fully saturated rings. The third-order valence-electron chi connectivity index (χ3n) is 2.16. The highest BCUT2D eigenvalue weighted by Gasteiger charge is 2.15. The maximum absolute atomic E-state index is 11.7. The first-order valence-corrected chi connectivity index (χ1v) is 6.01. The van der Waals surface area contributed by atoms with Crippen LogP contribution in [0, 0.1) is 0 Å². The first-order chi connectivity index (χ1) is 8.20. The number of aliphatic hydroxyl groups is 1. The first kappa shape index (κ1) is 11.8. The number of carbonyl (C=O) groups excluding carboxylic acids is 1. The van der Waals surface area contributed by atoms with Gasteiger partial charge in [-0.15, -0.1) is 11.3 Å². The number of rotatable bonds is 4. The Kier molecular flexibility index (Phi) is 3.55. The van der Waals surface area contributed by atoms with E-state index in [2.05, 4.69) is 10.5 Å². The summed E-state index contributed by atoms with van der Waals surface area (Å²) in [5.74, 6) is 0.222. The molecule has 0 aliphatic heterocycles. The first-order valence-electron chi connectivity index (χ1n) is 5.13. The summed E-state index contributed by atoms with van der Waals surface area (Å²) in [6, 6.07) is 5.08. The molecule has 5 nitrogen and oxygen atoms in total. The van der Waals surface area contributed by atoms with Crippen molar-refractivity contribution in [1.29, 1.82) is 0 Å². The van der Waals surface area contributed by atoms with Crippen LogP contribution in [0.15, 0.2) is 28.1 Å². The fraction of sp³-hybridized carbons (Fsp3) is 0.273. The van der Waals surface area contributed by atoms with Crippen LogP contribution in [-0.4, -0.2) is 28.8 Å². The number of hydrogen-bond acceptors (Lipinski definition) is 5. The van der Waals surface area contributed by atoms with Gasteiger partial charge in [-0.2, -0.15) is 0 Å². The minimum atomic E-state index is -0.349. The fourth-order valence-corrected chi connectivity index (χ4v) is 1.93. The average molecular weight is 252 g/mol. The summed E-state index contributed by atoms with van der Waals surface area (Å²) in [6.45, 7) is 1.60. The molecule has 90 valence electrons. The van der Waals surface area contributed by atoms with Crippen LogP contribution in [-0.2, 0) is 0 Å². The van der Waals surface area contributed by atoms with E-state index in [9.17, 15) is 4.79 Å². The van der Waals surface area contributed by atoms with Gasteiger partial charge in [0, 0.05) is 12.1 Å². The SMILES string of the molecule is C[C@H](CO)NC(=O)c1cc(-c2cccs2)on1. The molecule has 0 bridgehead atoms. The molecular weight excluding hydrogens is 240 g/mol. The maximum atomic E-state index is 11.7. The molecule has 0 spiro atoms. The van der Waals surface area contributed by atoms with Crippen LogP contribution in [0.1, 0.15) is 17.4 Å². The highest BCUT2D eigenvalue weighted by molar-refractivity contribution is 7.13. The van der Waals surface area contributed by atoms with Crippen molar-refractivity contribution in [3.63, 3.8) is 0 Å². The van der Waals surface area contributed by atoms with Gasteiger partial charge in [-0.25, -0.2) is 0 Å². The van der Waals surface area contributed by atoms with E-state index in [-0.39, 0.29) is 24.2 Å². The molecule has 0 saturated carbocycles. The molecule has 2 heterocycles. The minimum absolute atomic E-state index is 0.110. The number of aromatic nitrogens is 1. The number of thiophene rings is 1. The molecule has 2 rings (SSSR count).